The molecule has 8 nitrogen and oxygen atoms in total. The fourth-order valence-corrected chi connectivity index (χ4v) is 6.17. The number of hydrogen-bond acceptors (Lipinski definition) is 6. The minimum Gasteiger partial charge on any atom is -0.378 e. The van der Waals surface area contributed by atoms with E-state index in [0.29, 0.717) is 47.5 Å². The van der Waals surface area contributed by atoms with Crippen LogP contribution in [0.2, 0.25) is 4.34 Å². The van der Waals surface area contributed by atoms with Crippen LogP contribution in [0, 0.1) is 0 Å². The Morgan fingerprint density at radius 2 is 1.78 bits per heavy atom. The van der Waals surface area contributed by atoms with Gasteiger partial charge in [0, 0.05) is 44.3 Å². The average molecular weight is 531 g/mol. The van der Waals surface area contributed by atoms with E-state index in [4.69, 9.17) is 16.3 Å². The van der Waals surface area contributed by atoms with Crippen molar-refractivity contribution in [1.82, 2.24) is 20.0 Å². The van der Waals surface area contributed by atoms with Gasteiger partial charge in [0.05, 0.1) is 22.4 Å². The lowest BCUT2D eigenvalue weighted by Crippen LogP contribution is -2.51. The van der Waals surface area contributed by atoms with Crippen molar-refractivity contribution in [2.75, 3.05) is 53.0 Å². The van der Waals surface area contributed by atoms with Crippen LogP contribution in [-0.2, 0) is 22.4 Å². The van der Waals surface area contributed by atoms with Crippen LogP contribution in [0.3, 0.4) is 0 Å². The molecule has 10 heteroatoms. The molecule has 5 rings (SSSR count). The summed E-state index contributed by atoms with van der Waals surface area (Å²) in [5, 5.41) is 3.01. The first-order valence-electron chi connectivity index (χ1n) is 12.4. The molecule has 3 amide bonds. The molecule has 36 heavy (non-hydrogen) atoms. The van der Waals surface area contributed by atoms with Crippen LogP contribution >= 0.6 is 22.9 Å². The topological polar surface area (TPSA) is 82.2 Å². The van der Waals surface area contributed by atoms with E-state index in [1.54, 1.807) is 21.9 Å². The van der Waals surface area contributed by atoms with Gasteiger partial charge in [-0.05, 0) is 61.7 Å². The zero-order valence-electron chi connectivity index (χ0n) is 20.4. The van der Waals surface area contributed by atoms with Gasteiger partial charge in [-0.3, -0.25) is 14.4 Å². The molecule has 1 aromatic carbocycles. The molecule has 0 bridgehead atoms. The van der Waals surface area contributed by atoms with E-state index in [9.17, 15) is 14.4 Å². The van der Waals surface area contributed by atoms with Gasteiger partial charge in [-0.1, -0.05) is 17.7 Å². The number of rotatable bonds is 4. The highest BCUT2D eigenvalue weighted by Gasteiger charge is 2.42. The van der Waals surface area contributed by atoms with Gasteiger partial charge in [-0.15, -0.1) is 11.3 Å². The molecule has 0 aliphatic carbocycles. The SMILES string of the molecule is CN1CCc2ccc(C(=O)N3C[C@H](NC(=O)c4ccc(Cl)s4)C[C@H]3C(=O)N3CCOCC3)cc2CC1. The summed E-state index contributed by atoms with van der Waals surface area (Å²) < 4.78 is 5.95. The number of carbonyl (C=O) groups excluding carboxylic acids is 3. The number of ether oxygens (including phenoxy) is 1. The smallest absolute Gasteiger partial charge is 0.261 e. The largest absolute Gasteiger partial charge is 0.378 e. The molecule has 2 atom stereocenters. The van der Waals surface area contributed by atoms with Crippen molar-refractivity contribution in [2.24, 2.45) is 0 Å². The number of halogens is 1. The van der Waals surface area contributed by atoms with Crippen LogP contribution in [-0.4, -0.2) is 97.5 Å². The molecule has 0 spiro atoms. The highest BCUT2D eigenvalue weighted by atomic mass is 35.5. The van der Waals surface area contributed by atoms with Gasteiger partial charge in [0.25, 0.3) is 11.8 Å². The molecule has 2 aromatic rings. The van der Waals surface area contributed by atoms with E-state index in [1.165, 1.54) is 22.5 Å². The van der Waals surface area contributed by atoms with Crippen LogP contribution in [0.25, 0.3) is 0 Å². The quantitative estimate of drug-likeness (QED) is 0.656. The summed E-state index contributed by atoms with van der Waals surface area (Å²) in [6.07, 6.45) is 2.23. The Labute approximate surface area is 220 Å². The second-order valence-corrected chi connectivity index (χ2v) is 11.4. The molecule has 0 saturated carbocycles. The van der Waals surface area contributed by atoms with Crippen molar-refractivity contribution in [1.29, 1.82) is 0 Å². The zero-order valence-corrected chi connectivity index (χ0v) is 21.9. The lowest BCUT2D eigenvalue weighted by atomic mass is 9.99. The summed E-state index contributed by atoms with van der Waals surface area (Å²) in [6.45, 7) is 4.23. The number of carbonyl (C=O) groups is 3. The Bertz CT molecular complexity index is 1150. The lowest BCUT2D eigenvalue weighted by molar-refractivity contribution is -0.139. The average Bonchev–Trinajstić information content (AvgIpc) is 3.47. The van der Waals surface area contributed by atoms with Crippen molar-refractivity contribution < 1.29 is 19.1 Å². The molecule has 2 saturated heterocycles. The number of morpholine rings is 1. The maximum absolute atomic E-state index is 13.8. The molecule has 4 heterocycles. The summed E-state index contributed by atoms with van der Waals surface area (Å²) in [7, 11) is 2.11. The summed E-state index contributed by atoms with van der Waals surface area (Å²) in [5.41, 5.74) is 3.06. The standard InChI is InChI=1S/C26H31ClN4O4S/c1-29-8-6-17-2-3-19(14-18(17)7-9-29)25(33)31-16-20(28-24(32)22-4-5-23(27)36-22)15-21(31)26(34)30-10-12-35-13-11-30/h2-5,14,20-21H,6-13,15-16H2,1H3,(H,28,32)/t20-,21+/m1/s1. The molecule has 2 fully saturated rings. The fourth-order valence-electron chi connectivity index (χ4n) is 5.22. The maximum atomic E-state index is 13.8. The van der Waals surface area contributed by atoms with Gasteiger partial charge >= 0.3 is 0 Å². The number of benzene rings is 1. The van der Waals surface area contributed by atoms with E-state index in [-0.39, 0.29) is 30.3 Å². The monoisotopic (exact) mass is 530 g/mol. The molecular formula is C26H31ClN4O4S. The van der Waals surface area contributed by atoms with Gasteiger partial charge in [-0.2, -0.15) is 0 Å². The molecule has 3 aliphatic rings. The first-order chi connectivity index (χ1) is 17.4. The molecule has 3 aliphatic heterocycles. The summed E-state index contributed by atoms with van der Waals surface area (Å²) in [5.74, 6) is -0.491. The van der Waals surface area contributed by atoms with Crippen molar-refractivity contribution in [3.8, 4) is 0 Å². The minimum absolute atomic E-state index is 0.0843. The van der Waals surface area contributed by atoms with Crippen molar-refractivity contribution in [2.45, 2.75) is 31.3 Å². The lowest BCUT2D eigenvalue weighted by Gasteiger charge is -2.32. The van der Waals surface area contributed by atoms with E-state index in [0.717, 1.165) is 25.9 Å². The van der Waals surface area contributed by atoms with Crippen LogP contribution in [0.15, 0.2) is 30.3 Å². The van der Waals surface area contributed by atoms with Gasteiger partial charge in [0.15, 0.2) is 0 Å². The molecule has 0 unspecified atom stereocenters. The predicted molar refractivity (Wildman–Crippen MR) is 139 cm³/mol. The van der Waals surface area contributed by atoms with E-state index < -0.39 is 6.04 Å². The summed E-state index contributed by atoms with van der Waals surface area (Å²) in [4.78, 5) is 46.3. The third-order valence-corrected chi connectivity index (χ3v) is 8.51. The molecule has 192 valence electrons. The summed E-state index contributed by atoms with van der Waals surface area (Å²) >= 11 is 7.20. The van der Waals surface area contributed by atoms with Crippen LogP contribution in [0.1, 0.15) is 37.6 Å². The number of hydrogen-bond donors (Lipinski definition) is 1. The molecule has 0 radical (unpaired) electrons. The second-order valence-electron chi connectivity index (χ2n) is 9.71. The normalized spacial score (nSPS) is 22.7. The fraction of sp³-hybridized carbons (Fsp3) is 0.500. The number of nitrogens with zero attached hydrogens (tertiary/aromatic N) is 3. The summed E-state index contributed by atoms with van der Waals surface area (Å²) in [6, 6.07) is 8.34. The van der Waals surface area contributed by atoms with Crippen molar-refractivity contribution in [3.05, 3.63) is 56.2 Å². The van der Waals surface area contributed by atoms with Crippen LogP contribution in [0.5, 0.6) is 0 Å². The Hall–Kier alpha value is -2.46. The van der Waals surface area contributed by atoms with Crippen LogP contribution in [0.4, 0.5) is 0 Å². The number of fused-ring (bicyclic) bond motifs is 1. The third kappa shape index (κ3) is 5.44. The van der Waals surface area contributed by atoms with Gasteiger partial charge < -0.3 is 24.8 Å². The van der Waals surface area contributed by atoms with E-state index in [2.05, 4.69) is 23.3 Å². The number of nitrogens with one attached hydrogen (secondary N) is 1. The molecular weight excluding hydrogens is 500 g/mol. The first-order valence-corrected chi connectivity index (χ1v) is 13.6. The first kappa shape index (κ1) is 25.2. The minimum atomic E-state index is -0.627. The van der Waals surface area contributed by atoms with Crippen LogP contribution < -0.4 is 5.32 Å². The highest BCUT2D eigenvalue weighted by molar-refractivity contribution is 7.18. The third-order valence-electron chi connectivity index (χ3n) is 7.28. The number of likely N-dealkylation sites (tertiary alicyclic amines) is 1. The van der Waals surface area contributed by atoms with Gasteiger partial charge in [0.2, 0.25) is 5.91 Å². The Balaban J connectivity index is 1.37. The van der Waals surface area contributed by atoms with Gasteiger partial charge in [-0.25, -0.2) is 0 Å². The number of amides is 3. The van der Waals surface area contributed by atoms with Crippen molar-refractivity contribution in [3.63, 3.8) is 0 Å². The van der Waals surface area contributed by atoms with E-state index >= 15 is 0 Å². The maximum Gasteiger partial charge on any atom is 0.261 e. The van der Waals surface area contributed by atoms with E-state index in [1.807, 2.05) is 12.1 Å². The Morgan fingerprint density at radius 1 is 1.03 bits per heavy atom. The van der Waals surface area contributed by atoms with Crippen molar-refractivity contribution >= 4 is 40.7 Å². The zero-order chi connectivity index (χ0) is 25.2. The number of thiophene rings is 1. The highest BCUT2D eigenvalue weighted by Crippen LogP contribution is 2.27. The molecule has 1 aromatic heterocycles. The Kier molecular flexibility index (Phi) is 7.62. The number of likely N-dealkylation sites (N-methyl/N-ethyl adjacent to an activating group) is 1. The van der Waals surface area contributed by atoms with Gasteiger partial charge in [0.1, 0.15) is 6.04 Å². The Morgan fingerprint density at radius 3 is 2.50 bits per heavy atom. The predicted octanol–water partition coefficient (Wildman–Crippen LogP) is 2.30. The second kappa shape index (κ2) is 10.9. The molecule has 1 N–H and O–H groups in total.